The van der Waals surface area contributed by atoms with Gasteiger partial charge in [-0.1, -0.05) is 40.5 Å². The lowest BCUT2D eigenvalue weighted by Crippen LogP contribution is -2.44. The molecule has 9 heteroatoms. The minimum absolute atomic E-state index is 0.0453. The van der Waals surface area contributed by atoms with Gasteiger partial charge in [-0.15, -0.1) is 0 Å². The van der Waals surface area contributed by atoms with E-state index >= 15 is 0 Å². The average molecular weight is 577 g/mol. The van der Waals surface area contributed by atoms with Gasteiger partial charge in [0.25, 0.3) is 0 Å². The predicted octanol–water partition coefficient (Wildman–Crippen LogP) is 4.88. The molecule has 0 spiro atoms. The third-order valence-corrected chi connectivity index (χ3v) is 8.81. The summed E-state index contributed by atoms with van der Waals surface area (Å²) in [6.07, 6.45) is 7.14. The van der Waals surface area contributed by atoms with Gasteiger partial charge in [0.15, 0.2) is 11.5 Å². The number of unbranched alkanes of at least 4 members (excludes halogenated alkanes) is 2. The number of methoxy groups -OCH3 is 1. The van der Waals surface area contributed by atoms with Crippen LogP contribution in [0.5, 0.6) is 17.2 Å². The first-order valence-electron chi connectivity index (χ1n) is 15.4. The van der Waals surface area contributed by atoms with Crippen molar-refractivity contribution in [1.29, 1.82) is 0 Å². The Morgan fingerprint density at radius 3 is 2.51 bits per heavy atom. The number of rotatable bonds is 17. The van der Waals surface area contributed by atoms with Gasteiger partial charge < -0.3 is 29.1 Å². The minimum Gasteiger partial charge on any atom is -0.493 e. The summed E-state index contributed by atoms with van der Waals surface area (Å²) in [4.78, 5) is 28.1. The van der Waals surface area contributed by atoms with E-state index in [1.807, 2.05) is 12.1 Å². The largest absolute Gasteiger partial charge is 0.493 e. The molecule has 232 valence electrons. The number of carboxylic acids is 1. The highest BCUT2D eigenvalue weighted by Gasteiger charge is 2.49. The van der Waals surface area contributed by atoms with E-state index in [1.165, 1.54) is 19.4 Å². The van der Waals surface area contributed by atoms with Gasteiger partial charge in [-0.3, -0.25) is 14.5 Å². The van der Waals surface area contributed by atoms with Gasteiger partial charge in [0.05, 0.1) is 46.8 Å². The highest BCUT2D eigenvalue weighted by Crippen LogP contribution is 2.48. The SMILES string of the molecule is CCCC[N+](C)(C)CCCCNC(=O)CN1C[C@H](c2cc(OC)c3c(c2)OCO3)[C@H](C(=O)O)[C@H]1CC(C)(C)CCC. The summed E-state index contributed by atoms with van der Waals surface area (Å²) in [6, 6.07) is 3.48. The van der Waals surface area contributed by atoms with Gasteiger partial charge in [-0.2, -0.15) is 0 Å². The molecule has 2 heterocycles. The van der Waals surface area contributed by atoms with Gasteiger partial charge in [0.1, 0.15) is 0 Å². The van der Waals surface area contributed by atoms with Crippen LogP contribution in [0, 0.1) is 11.3 Å². The summed E-state index contributed by atoms with van der Waals surface area (Å²) < 4.78 is 17.8. The highest BCUT2D eigenvalue weighted by molar-refractivity contribution is 5.79. The number of ether oxygens (including phenoxy) is 3. The Kier molecular flexibility index (Phi) is 11.7. The number of nitrogens with one attached hydrogen (secondary N) is 1. The number of likely N-dealkylation sites (tertiary alicyclic amines) is 1. The van der Waals surface area contributed by atoms with Gasteiger partial charge in [-0.25, -0.2) is 0 Å². The van der Waals surface area contributed by atoms with Crippen molar-refractivity contribution < 1.29 is 33.4 Å². The van der Waals surface area contributed by atoms with Crippen LogP contribution in [-0.4, -0.2) is 93.1 Å². The molecule has 9 nitrogen and oxygen atoms in total. The van der Waals surface area contributed by atoms with Crippen molar-refractivity contribution in [2.45, 2.75) is 84.6 Å². The fourth-order valence-electron chi connectivity index (χ4n) is 6.62. The summed E-state index contributed by atoms with van der Waals surface area (Å²) in [5, 5.41) is 13.6. The molecule has 2 aliphatic heterocycles. The fourth-order valence-corrected chi connectivity index (χ4v) is 6.62. The summed E-state index contributed by atoms with van der Waals surface area (Å²) in [7, 11) is 6.11. The van der Waals surface area contributed by atoms with Crippen LogP contribution in [0.25, 0.3) is 0 Å². The van der Waals surface area contributed by atoms with Crippen LogP contribution in [0.1, 0.15) is 84.1 Å². The monoisotopic (exact) mass is 576 g/mol. The van der Waals surface area contributed by atoms with E-state index in [0.717, 1.165) is 42.3 Å². The first kappa shape index (κ1) is 33.0. The molecule has 3 rings (SSSR count). The Morgan fingerprint density at radius 1 is 1.12 bits per heavy atom. The quantitative estimate of drug-likeness (QED) is 0.202. The maximum atomic E-state index is 13.2. The van der Waals surface area contributed by atoms with E-state index in [2.05, 4.69) is 52.0 Å². The lowest BCUT2D eigenvalue weighted by Gasteiger charge is -2.34. The van der Waals surface area contributed by atoms with Crippen LogP contribution in [-0.2, 0) is 9.59 Å². The van der Waals surface area contributed by atoms with E-state index in [9.17, 15) is 14.7 Å². The zero-order valence-electron chi connectivity index (χ0n) is 26.5. The second-order valence-electron chi connectivity index (χ2n) is 13.3. The molecular formula is C32H54N3O6+. The first-order valence-corrected chi connectivity index (χ1v) is 15.4. The number of amides is 1. The molecule has 2 aliphatic rings. The van der Waals surface area contributed by atoms with Crippen LogP contribution in [0.3, 0.4) is 0 Å². The molecule has 2 N–H and O–H groups in total. The Hall–Kier alpha value is -2.52. The lowest BCUT2D eigenvalue weighted by molar-refractivity contribution is -0.890. The van der Waals surface area contributed by atoms with Crippen molar-refractivity contribution in [3.05, 3.63) is 17.7 Å². The van der Waals surface area contributed by atoms with Crippen molar-refractivity contribution >= 4 is 11.9 Å². The first-order chi connectivity index (χ1) is 19.4. The molecule has 41 heavy (non-hydrogen) atoms. The number of carboxylic acid groups (broad SMARTS) is 1. The minimum atomic E-state index is -0.837. The number of benzene rings is 1. The molecule has 1 saturated heterocycles. The Labute approximate surface area is 247 Å². The highest BCUT2D eigenvalue weighted by atomic mass is 16.7. The second-order valence-corrected chi connectivity index (χ2v) is 13.3. The third kappa shape index (κ3) is 8.98. The molecule has 0 unspecified atom stereocenters. The van der Waals surface area contributed by atoms with E-state index in [-0.39, 0.29) is 36.6 Å². The molecule has 3 atom stereocenters. The van der Waals surface area contributed by atoms with Gasteiger partial charge in [0, 0.05) is 25.0 Å². The summed E-state index contributed by atoms with van der Waals surface area (Å²) >= 11 is 0. The molecule has 1 amide bonds. The van der Waals surface area contributed by atoms with E-state index in [4.69, 9.17) is 14.2 Å². The van der Waals surface area contributed by atoms with Crippen molar-refractivity contribution in [2.24, 2.45) is 11.3 Å². The molecular weight excluding hydrogens is 522 g/mol. The Bertz CT molecular complexity index is 1030. The van der Waals surface area contributed by atoms with Crippen LogP contribution in [0.2, 0.25) is 0 Å². The summed E-state index contributed by atoms with van der Waals surface area (Å²) in [5.74, 6) is -0.202. The molecule has 1 aromatic rings. The molecule has 0 aliphatic carbocycles. The van der Waals surface area contributed by atoms with Gasteiger partial charge in [0.2, 0.25) is 18.4 Å². The van der Waals surface area contributed by atoms with Gasteiger partial charge >= 0.3 is 5.97 Å². The smallest absolute Gasteiger partial charge is 0.308 e. The zero-order chi connectivity index (χ0) is 30.2. The number of hydrogen-bond donors (Lipinski definition) is 2. The average Bonchev–Trinajstić information content (AvgIpc) is 3.51. The molecule has 1 aromatic carbocycles. The molecule has 1 fully saturated rings. The normalized spacial score (nSPS) is 20.8. The van der Waals surface area contributed by atoms with Crippen molar-refractivity contribution in [1.82, 2.24) is 10.2 Å². The topological polar surface area (TPSA) is 97.3 Å². The summed E-state index contributed by atoms with van der Waals surface area (Å²) in [5.41, 5.74) is 0.787. The predicted molar refractivity (Wildman–Crippen MR) is 161 cm³/mol. The third-order valence-electron chi connectivity index (χ3n) is 8.81. The Morgan fingerprint density at radius 2 is 1.85 bits per heavy atom. The van der Waals surface area contributed by atoms with Crippen LogP contribution >= 0.6 is 0 Å². The Balaban J connectivity index is 1.73. The molecule has 0 radical (unpaired) electrons. The number of carbonyl (C=O) groups excluding carboxylic acids is 1. The second kappa shape index (κ2) is 14.6. The maximum absolute atomic E-state index is 13.2. The fraction of sp³-hybridized carbons (Fsp3) is 0.750. The molecule has 0 saturated carbocycles. The number of carbonyl (C=O) groups is 2. The number of aliphatic carboxylic acids is 1. The summed E-state index contributed by atoms with van der Waals surface area (Å²) in [6.45, 7) is 12.5. The zero-order valence-corrected chi connectivity index (χ0v) is 26.5. The van der Waals surface area contributed by atoms with Crippen molar-refractivity contribution in [3.63, 3.8) is 0 Å². The maximum Gasteiger partial charge on any atom is 0.308 e. The van der Waals surface area contributed by atoms with Crippen LogP contribution in [0.4, 0.5) is 0 Å². The number of nitrogens with zero attached hydrogens (tertiary/aromatic N) is 2. The standard InChI is InChI=1S/C32H53N3O6/c1-8-10-15-35(5,6)16-12-11-14-33-28(36)21-34-20-24(23-17-26(39-7)30-27(18-23)40-22-41-30)29(31(37)38)25(34)19-32(3,4)13-9-2/h17-18,24-25,29H,8-16,19-22H2,1-7H3,(H-,33,36,37,38)/p+1/t24-,25-,29+/m1/s1. The molecule has 0 aromatic heterocycles. The number of quaternary nitrogens is 1. The number of hydrogen-bond acceptors (Lipinski definition) is 6. The van der Waals surface area contributed by atoms with E-state index in [1.54, 1.807) is 7.11 Å². The van der Waals surface area contributed by atoms with E-state index < -0.39 is 11.9 Å². The van der Waals surface area contributed by atoms with Crippen LogP contribution in [0.15, 0.2) is 12.1 Å². The van der Waals surface area contributed by atoms with Gasteiger partial charge in [-0.05, 0) is 55.2 Å². The lowest BCUT2D eigenvalue weighted by atomic mass is 9.76. The number of fused-ring (bicyclic) bond motifs is 1. The van der Waals surface area contributed by atoms with E-state index in [0.29, 0.717) is 36.8 Å². The molecule has 0 bridgehead atoms. The van der Waals surface area contributed by atoms with Crippen molar-refractivity contribution in [3.8, 4) is 17.2 Å². The van der Waals surface area contributed by atoms with Crippen LogP contribution < -0.4 is 19.5 Å². The van der Waals surface area contributed by atoms with Crippen molar-refractivity contribution in [2.75, 3.05) is 60.7 Å².